The Morgan fingerprint density at radius 2 is 2.20 bits per heavy atom. The summed E-state index contributed by atoms with van der Waals surface area (Å²) in [6.45, 7) is 9.21. The highest BCUT2D eigenvalue weighted by atomic mass is 35.5. The Balaban J connectivity index is 1.82. The number of hydrogen-bond donors (Lipinski definition) is 1. The molecule has 1 fully saturated rings. The summed E-state index contributed by atoms with van der Waals surface area (Å²) in [6.07, 6.45) is 3.94. The van der Waals surface area contributed by atoms with Crippen molar-refractivity contribution in [2.75, 3.05) is 19.6 Å². The second-order valence-corrected chi connectivity index (χ2v) is 6.37. The van der Waals surface area contributed by atoms with Crippen LogP contribution >= 0.6 is 11.6 Å². The zero-order chi connectivity index (χ0) is 14.4. The van der Waals surface area contributed by atoms with Crippen LogP contribution in [0.2, 0.25) is 5.02 Å². The largest absolute Gasteiger partial charge is 0.310 e. The molecule has 1 heterocycles. The lowest BCUT2D eigenvalue weighted by atomic mass is 9.91. The Bertz CT molecular complexity index is 406. The van der Waals surface area contributed by atoms with Gasteiger partial charge in [-0.1, -0.05) is 36.7 Å². The molecule has 0 amide bonds. The molecular weight excluding hydrogens is 268 g/mol. The molecule has 1 aliphatic rings. The van der Waals surface area contributed by atoms with Gasteiger partial charge < -0.3 is 10.2 Å². The van der Waals surface area contributed by atoms with Crippen LogP contribution in [0.1, 0.15) is 38.7 Å². The quantitative estimate of drug-likeness (QED) is 0.855. The minimum atomic E-state index is 0.547. The summed E-state index contributed by atoms with van der Waals surface area (Å²) in [5.41, 5.74) is 1.20. The Morgan fingerprint density at radius 3 is 2.95 bits per heavy atom. The first-order valence-corrected chi connectivity index (χ1v) is 8.27. The van der Waals surface area contributed by atoms with Gasteiger partial charge in [-0.3, -0.25) is 0 Å². The molecule has 20 heavy (non-hydrogen) atoms. The summed E-state index contributed by atoms with van der Waals surface area (Å²) in [5, 5.41) is 4.53. The molecule has 0 saturated carbocycles. The standard InChI is InChI=1S/C17H27ClN2/c1-3-10-20-11-6-8-16(13-20)14(2)19-12-15-7-4-5-9-17(15)18/h4-5,7,9,14,16,19H,3,6,8,10-13H2,1-2H3. The average molecular weight is 295 g/mol. The fourth-order valence-corrected chi connectivity index (χ4v) is 3.30. The van der Waals surface area contributed by atoms with Crippen molar-refractivity contribution in [1.82, 2.24) is 10.2 Å². The van der Waals surface area contributed by atoms with Gasteiger partial charge in [0.05, 0.1) is 0 Å². The van der Waals surface area contributed by atoms with Crippen LogP contribution in [0.3, 0.4) is 0 Å². The van der Waals surface area contributed by atoms with Gasteiger partial charge in [0, 0.05) is 24.2 Å². The van der Waals surface area contributed by atoms with Gasteiger partial charge in [-0.05, 0) is 56.8 Å². The van der Waals surface area contributed by atoms with E-state index < -0.39 is 0 Å². The van der Waals surface area contributed by atoms with Gasteiger partial charge in [-0.25, -0.2) is 0 Å². The second-order valence-electron chi connectivity index (χ2n) is 5.96. The number of nitrogens with one attached hydrogen (secondary N) is 1. The lowest BCUT2D eigenvalue weighted by Gasteiger charge is -2.36. The zero-order valence-electron chi connectivity index (χ0n) is 12.7. The van der Waals surface area contributed by atoms with E-state index in [1.54, 1.807) is 0 Å². The molecule has 1 aliphatic heterocycles. The van der Waals surface area contributed by atoms with E-state index in [9.17, 15) is 0 Å². The fourth-order valence-electron chi connectivity index (χ4n) is 3.10. The molecule has 0 aromatic heterocycles. The molecule has 0 bridgehead atoms. The molecule has 2 nitrogen and oxygen atoms in total. The SMILES string of the molecule is CCCN1CCCC(C(C)NCc2ccccc2Cl)C1. The molecule has 3 heteroatoms. The molecule has 1 N–H and O–H groups in total. The molecular formula is C17H27ClN2. The Labute approximate surface area is 128 Å². The van der Waals surface area contributed by atoms with Crippen molar-refractivity contribution in [3.05, 3.63) is 34.9 Å². The van der Waals surface area contributed by atoms with Crippen LogP contribution in [-0.2, 0) is 6.54 Å². The van der Waals surface area contributed by atoms with Gasteiger partial charge in [-0.15, -0.1) is 0 Å². The highest BCUT2D eigenvalue weighted by Crippen LogP contribution is 2.21. The number of nitrogens with zero attached hydrogens (tertiary/aromatic N) is 1. The third kappa shape index (κ3) is 4.47. The van der Waals surface area contributed by atoms with E-state index in [1.165, 1.54) is 44.5 Å². The molecule has 0 radical (unpaired) electrons. The maximum atomic E-state index is 6.21. The van der Waals surface area contributed by atoms with Crippen LogP contribution in [0, 0.1) is 5.92 Å². The summed E-state index contributed by atoms with van der Waals surface area (Å²) in [4.78, 5) is 2.61. The van der Waals surface area contributed by atoms with E-state index in [2.05, 4.69) is 36.2 Å². The van der Waals surface area contributed by atoms with Gasteiger partial charge in [0.1, 0.15) is 0 Å². The molecule has 112 valence electrons. The molecule has 1 aromatic rings. The second kappa shape index (κ2) is 8.02. The molecule has 0 aliphatic carbocycles. The van der Waals surface area contributed by atoms with Gasteiger partial charge in [0.25, 0.3) is 0 Å². The van der Waals surface area contributed by atoms with Crippen LogP contribution in [0.4, 0.5) is 0 Å². The van der Waals surface area contributed by atoms with Gasteiger partial charge in [0.15, 0.2) is 0 Å². The zero-order valence-corrected chi connectivity index (χ0v) is 13.5. The Morgan fingerprint density at radius 1 is 1.40 bits per heavy atom. The fraction of sp³-hybridized carbons (Fsp3) is 0.647. The predicted molar refractivity (Wildman–Crippen MR) is 87.2 cm³/mol. The summed E-state index contributed by atoms with van der Waals surface area (Å²) < 4.78 is 0. The van der Waals surface area contributed by atoms with Crippen molar-refractivity contribution >= 4 is 11.6 Å². The van der Waals surface area contributed by atoms with Crippen LogP contribution in [0.5, 0.6) is 0 Å². The van der Waals surface area contributed by atoms with E-state index in [1.807, 2.05) is 12.1 Å². The maximum absolute atomic E-state index is 6.21. The summed E-state index contributed by atoms with van der Waals surface area (Å²) in [6, 6.07) is 8.65. The molecule has 2 unspecified atom stereocenters. The van der Waals surface area contributed by atoms with Crippen LogP contribution < -0.4 is 5.32 Å². The first kappa shape index (κ1) is 15.8. The Kier molecular flexibility index (Phi) is 6.34. The van der Waals surface area contributed by atoms with Crippen LogP contribution in [0.25, 0.3) is 0 Å². The molecule has 2 rings (SSSR count). The highest BCUT2D eigenvalue weighted by Gasteiger charge is 2.23. The molecule has 0 spiro atoms. The predicted octanol–water partition coefficient (Wildman–Crippen LogP) is 3.94. The summed E-state index contributed by atoms with van der Waals surface area (Å²) in [5.74, 6) is 0.762. The topological polar surface area (TPSA) is 15.3 Å². The third-order valence-corrected chi connectivity index (χ3v) is 4.73. The van der Waals surface area contributed by atoms with Crippen molar-refractivity contribution in [1.29, 1.82) is 0 Å². The van der Waals surface area contributed by atoms with Gasteiger partial charge >= 0.3 is 0 Å². The third-order valence-electron chi connectivity index (χ3n) is 4.36. The van der Waals surface area contributed by atoms with E-state index in [4.69, 9.17) is 11.6 Å². The maximum Gasteiger partial charge on any atom is 0.0450 e. The first-order chi connectivity index (χ1) is 9.70. The minimum absolute atomic E-state index is 0.547. The van der Waals surface area contributed by atoms with Crippen molar-refractivity contribution in [3.8, 4) is 0 Å². The van der Waals surface area contributed by atoms with Crippen molar-refractivity contribution < 1.29 is 0 Å². The molecule has 1 saturated heterocycles. The first-order valence-electron chi connectivity index (χ1n) is 7.90. The monoisotopic (exact) mass is 294 g/mol. The summed E-state index contributed by atoms with van der Waals surface area (Å²) in [7, 11) is 0. The van der Waals surface area contributed by atoms with E-state index in [-0.39, 0.29) is 0 Å². The van der Waals surface area contributed by atoms with Crippen molar-refractivity contribution in [2.45, 2.75) is 45.7 Å². The number of benzene rings is 1. The van der Waals surface area contributed by atoms with E-state index >= 15 is 0 Å². The van der Waals surface area contributed by atoms with Crippen molar-refractivity contribution in [2.24, 2.45) is 5.92 Å². The van der Waals surface area contributed by atoms with Crippen LogP contribution in [0.15, 0.2) is 24.3 Å². The normalized spacial score (nSPS) is 21.9. The van der Waals surface area contributed by atoms with E-state index in [0.717, 1.165) is 17.5 Å². The van der Waals surface area contributed by atoms with Crippen molar-refractivity contribution in [3.63, 3.8) is 0 Å². The smallest absolute Gasteiger partial charge is 0.0450 e. The van der Waals surface area contributed by atoms with Gasteiger partial charge in [-0.2, -0.15) is 0 Å². The number of piperidine rings is 1. The molecule has 1 aromatic carbocycles. The number of halogens is 1. The Hall–Kier alpha value is -0.570. The lowest BCUT2D eigenvalue weighted by Crippen LogP contribution is -2.44. The average Bonchev–Trinajstić information content (AvgIpc) is 2.47. The van der Waals surface area contributed by atoms with Gasteiger partial charge in [0.2, 0.25) is 0 Å². The number of likely N-dealkylation sites (tertiary alicyclic amines) is 1. The highest BCUT2D eigenvalue weighted by molar-refractivity contribution is 6.31. The summed E-state index contributed by atoms with van der Waals surface area (Å²) >= 11 is 6.21. The number of rotatable bonds is 6. The number of hydrogen-bond acceptors (Lipinski definition) is 2. The minimum Gasteiger partial charge on any atom is -0.310 e. The van der Waals surface area contributed by atoms with E-state index in [0.29, 0.717) is 6.04 Å². The lowest BCUT2D eigenvalue weighted by molar-refractivity contribution is 0.150. The molecule has 2 atom stereocenters. The van der Waals surface area contributed by atoms with Crippen LogP contribution in [-0.4, -0.2) is 30.6 Å².